The molecule has 0 atom stereocenters. The van der Waals surface area contributed by atoms with E-state index in [0.717, 1.165) is 30.9 Å². The molecule has 0 saturated carbocycles. The lowest BCUT2D eigenvalue weighted by atomic mass is 9.94. The third-order valence-corrected chi connectivity index (χ3v) is 8.36. The van der Waals surface area contributed by atoms with Crippen molar-refractivity contribution in [3.8, 4) is 17.1 Å². The van der Waals surface area contributed by atoms with Crippen molar-refractivity contribution in [3.05, 3.63) is 65.1 Å². The number of hydrogen-bond donors (Lipinski definition) is 4. The maximum absolute atomic E-state index is 14.4. The molecule has 0 spiro atoms. The minimum Gasteiger partial charge on any atom is -0.495 e. The van der Waals surface area contributed by atoms with Crippen LogP contribution in [0, 0.1) is 5.82 Å². The number of likely N-dealkylation sites (tertiary alicyclic amines) is 1. The van der Waals surface area contributed by atoms with Crippen LogP contribution in [-0.2, 0) is 13.0 Å². The van der Waals surface area contributed by atoms with Crippen LogP contribution < -0.4 is 21.1 Å². The normalized spacial score (nSPS) is 16.4. The van der Waals surface area contributed by atoms with Crippen LogP contribution >= 0.6 is 0 Å². The van der Waals surface area contributed by atoms with Crippen molar-refractivity contribution >= 4 is 29.0 Å². The van der Waals surface area contributed by atoms with Crippen LogP contribution in [0.1, 0.15) is 47.7 Å². The van der Waals surface area contributed by atoms with E-state index < -0.39 is 11.7 Å². The summed E-state index contributed by atoms with van der Waals surface area (Å²) in [4.78, 5) is 29.5. The van der Waals surface area contributed by atoms with Gasteiger partial charge in [-0.3, -0.25) is 9.69 Å². The SMILES string of the molecule is CCCN1CCC(N2CCc3cc(OC)c(Nc4nc(Nc5cccc(F)c5C(N)=O)c5ccnc-5[nH]4)cc3C2)CC1. The van der Waals surface area contributed by atoms with Gasteiger partial charge in [-0.05, 0) is 86.8 Å². The minimum atomic E-state index is -0.868. The number of nitrogens with two attached hydrogens (primary N) is 1. The number of nitrogens with one attached hydrogen (secondary N) is 3. The Balaban J connectivity index is 1.26. The average Bonchev–Trinajstić information content (AvgIpc) is 3.46. The molecular weight excluding hydrogens is 535 g/mol. The fourth-order valence-electron chi connectivity index (χ4n) is 6.24. The molecule has 5 N–H and O–H groups in total. The van der Waals surface area contributed by atoms with Crippen LogP contribution in [0.2, 0.25) is 0 Å². The lowest BCUT2D eigenvalue weighted by Crippen LogP contribution is -2.46. The van der Waals surface area contributed by atoms with Gasteiger partial charge in [0.05, 0.1) is 29.6 Å². The number of primary amides is 1. The number of amides is 1. The Morgan fingerprint density at radius 2 is 1.98 bits per heavy atom. The number of hydrogen-bond acceptors (Lipinski definition) is 8. The zero-order valence-electron chi connectivity index (χ0n) is 24.0. The van der Waals surface area contributed by atoms with Crippen molar-refractivity contribution in [1.29, 1.82) is 0 Å². The maximum atomic E-state index is 14.4. The Labute approximate surface area is 244 Å². The third-order valence-electron chi connectivity index (χ3n) is 8.36. The van der Waals surface area contributed by atoms with Gasteiger partial charge >= 0.3 is 0 Å². The van der Waals surface area contributed by atoms with E-state index in [1.165, 1.54) is 62.2 Å². The zero-order valence-corrected chi connectivity index (χ0v) is 24.0. The van der Waals surface area contributed by atoms with Gasteiger partial charge in [0, 0.05) is 25.3 Å². The van der Waals surface area contributed by atoms with Gasteiger partial charge in [-0.15, -0.1) is 0 Å². The number of nitrogens with zero attached hydrogens (tertiary/aromatic N) is 4. The summed E-state index contributed by atoms with van der Waals surface area (Å²) in [6.07, 6.45) is 6.26. The summed E-state index contributed by atoms with van der Waals surface area (Å²) in [6.45, 7) is 7.73. The summed E-state index contributed by atoms with van der Waals surface area (Å²) in [5.41, 5.74) is 9.49. The highest BCUT2D eigenvalue weighted by Crippen LogP contribution is 2.36. The summed E-state index contributed by atoms with van der Waals surface area (Å²) in [5.74, 6) is 0.530. The molecule has 10 nitrogen and oxygen atoms in total. The van der Waals surface area contributed by atoms with Crippen molar-refractivity contribution in [2.45, 2.75) is 45.2 Å². The Bertz CT molecular complexity index is 1550. The Morgan fingerprint density at radius 3 is 2.74 bits per heavy atom. The number of halogens is 1. The molecule has 4 heterocycles. The lowest BCUT2D eigenvalue weighted by molar-refractivity contribution is 0.0982. The van der Waals surface area contributed by atoms with Crippen LogP contribution in [0.3, 0.4) is 0 Å². The smallest absolute Gasteiger partial charge is 0.253 e. The molecule has 1 fully saturated rings. The number of carbonyl (C=O) groups excluding carboxylic acids is 1. The quantitative estimate of drug-likeness (QED) is 0.224. The van der Waals surface area contributed by atoms with Crippen molar-refractivity contribution in [1.82, 2.24) is 24.8 Å². The summed E-state index contributed by atoms with van der Waals surface area (Å²) in [5, 5.41) is 6.47. The number of aromatic amines is 1. The molecule has 0 aromatic heterocycles. The van der Waals surface area contributed by atoms with Gasteiger partial charge in [0.25, 0.3) is 5.91 Å². The summed E-state index contributed by atoms with van der Waals surface area (Å²) >= 11 is 0. The Hall–Kier alpha value is -4.22. The summed E-state index contributed by atoms with van der Waals surface area (Å²) < 4.78 is 20.2. The third kappa shape index (κ3) is 5.62. The number of piperidine rings is 1. The van der Waals surface area contributed by atoms with Gasteiger partial charge in [0.1, 0.15) is 23.2 Å². The molecule has 0 radical (unpaired) electrons. The van der Waals surface area contributed by atoms with Crippen LogP contribution in [0.25, 0.3) is 11.4 Å². The van der Waals surface area contributed by atoms with E-state index in [1.54, 1.807) is 25.4 Å². The Kier molecular flexibility index (Phi) is 7.94. The topological polar surface area (TPSA) is 124 Å². The number of H-pyrrole nitrogens is 1. The lowest BCUT2D eigenvalue weighted by Gasteiger charge is -2.40. The minimum absolute atomic E-state index is 0.224. The molecule has 6 rings (SSSR count). The van der Waals surface area contributed by atoms with Crippen LogP contribution in [0.15, 0.2) is 42.6 Å². The standard InChI is InChI=1S/C31H37FN8O2/c1-3-12-39-13-9-21(10-14-39)40-15-8-19-17-26(42-2)25(16-20(19)18-40)36-31-37-29-22(7-11-34-29)30(38-31)35-24-6-4-5-23(32)27(24)28(33)41/h4-7,11,16-17,21H,3,8-10,12-15,18H2,1-2H3,(H2,33,41)(H3,34,35,36,37,38). The molecule has 4 aliphatic rings. The largest absolute Gasteiger partial charge is 0.495 e. The molecular formula is C31H37FN8O2. The van der Waals surface area contributed by atoms with Crippen LogP contribution in [-0.4, -0.2) is 70.0 Å². The highest BCUT2D eigenvalue weighted by Gasteiger charge is 2.28. The number of rotatable bonds is 9. The predicted octanol–water partition coefficient (Wildman–Crippen LogP) is 4.88. The number of anilines is 4. The maximum Gasteiger partial charge on any atom is 0.253 e. The van der Waals surface area contributed by atoms with Gasteiger partial charge in [-0.1, -0.05) is 13.0 Å². The first-order valence-electron chi connectivity index (χ1n) is 14.6. The van der Waals surface area contributed by atoms with Crippen molar-refractivity contribution in [3.63, 3.8) is 0 Å². The molecule has 1 saturated heterocycles. The molecule has 0 bridgehead atoms. The molecule has 11 heteroatoms. The van der Waals surface area contributed by atoms with E-state index in [-0.39, 0.29) is 11.3 Å². The van der Waals surface area contributed by atoms with Gasteiger partial charge in [0.15, 0.2) is 0 Å². The van der Waals surface area contributed by atoms with E-state index >= 15 is 0 Å². The molecule has 2 aromatic carbocycles. The van der Waals surface area contributed by atoms with E-state index in [1.807, 2.05) is 0 Å². The first-order chi connectivity index (χ1) is 20.4. The molecule has 220 valence electrons. The van der Waals surface area contributed by atoms with Crippen LogP contribution in [0.4, 0.5) is 27.5 Å². The number of ether oxygens (including phenoxy) is 1. The molecule has 2 aromatic rings. The molecule has 0 unspecified atom stereocenters. The Morgan fingerprint density at radius 1 is 1.14 bits per heavy atom. The summed E-state index contributed by atoms with van der Waals surface area (Å²) in [7, 11) is 1.66. The second-order valence-corrected chi connectivity index (χ2v) is 11.0. The van der Waals surface area contributed by atoms with Gasteiger partial charge in [-0.2, -0.15) is 4.98 Å². The second kappa shape index (κ2) is 11.9. The molecule has 42 heavy (non-hydrogen) atoms. The molecule has 1 amide bonds. The van der Waals surface area contributed by atoms with Crippen LogP contribution in [0.5, 0.6) is 5.75 Å². The second-order valence-electron chi connectivity index (χ2n) is 11.0. The van der Waals surface area contributed by atoms with Crippen molar-refractivity contribution in [2.24, 2.45) is 5.73 Å². The molecule has 0 aliphatic carbocycles. The highest BCUT2D eigenvalue weighted by molar-refractivity contribution is 5.99. The first-order valence-corrected chi connectivity index (χ1v) is 14.6. The fraction of sp³-hybridized carbons (Fsp3) is 0.387. The monoisotopic (exact) mass is 572 g/mol. The highest BCUT2D eigenvalue weighted by atomic mass is 19.1. The van der Waals surface area contributed by atoms with E-state index in [9.17, 15) is 9.18 Å². The van der Waals surface area contributed by atoms with Crippen molar-refractivity contribution < 1.29 is 13.9 Å². The average molecular weight is 573 g/mol. The molecule has 4 aliphatic heterocycles. The fourth-order valence-corrected chi connectivity index (χ4v) is 6.24. The van der Waals surface area contributed by atoms with E-state index in [4.69, 9.17) is 15.5 Å². The number of aromatic nitrogens is 3. The number of carbonyl (C=O) groups is 1. The van der Waals surface area contributed by atoms with E-state index in [2.05, 4.69) is 49.5 Å². The number of benzene rings is 2. The van der Waals surface area contributed by atoms with Gasteiger partial charge in [0.2, 0.25) is 5.95 Å². The predicted molar refractivity (Wildman–Crippen MR) is 161 cm³/mol. The van der Waals surface area contributed by atoms with Crippen molar-refractivity contribution in [2.75, 3.05) is 43.9 Å². The number of methoxy groups -OCH3 is 1. The van der Waals surface area contributed by atoms with E-state index in [0.29, 0.717) is 29.2 Å². The summed E-state index contributed by atoms with van der Waals surface area (Å²) in [6, 6.07) is 10.9. The van der Waals surface area contributed by atoms with Gasteiger partial charge in [-0.25, -0.2) is 9.37 Å². The van der Waals surface area contributed by atoms with Gasteiger partial charge < -0.3 is 31.0 Å². The first kappa shape index (κ1) is 27.9. The zero-order chi connectivity index (χ0) is 29.2. The number of fused-ring (bicyclic) bond motifs is 2.